The molecule has 0 fully saturated rings. The first kappa shape index (κ1) is 24.3. The first-order chi connectivity index (χ1) is 16.7. The van der Waals surface area contributed by atoms with Gasteiger partial charge >= 0.3 is 12.1 Å². The van der Waals surface area contributed by atoms with Crippen LogP contribution in [-0.2, 0) is 9.53 Å². The fourth-order valence-electron chi connectivity index (χ4n) is 4.22. The van der Waals surface area contributed by atoms with E-state index in [2.05, 4.69) is 22.8 Å². The van der Waals surface area contributed by atoms with Crippen molar-refractivity contribution in [2.24, 2.45) is 5.92 Å². The molecule has 1 aliphatic rings. The third kappa shape index (κ3) is 5.30. The molecule has 0 bridgehead atoms. The zero-order chi connectivity index (χ0) is 25.1. The lowest BCUT2D eigenvalue weighted by Crippen LogP contribution is -2.42. The first-order valence-corrected chi connectivity index (χ1v) is 11.6. The highest BCUT2D eigenvalue weighted by Gasteiger charge is 2.29. The van der Waals surface area contributed by atoms with E-state index < -0.39 is 29.9 Å². The van der Waals surface area contributed by atoms with Crippen LogP contribution in [0, 0.1) is 5.92 Å². The van der Waals surface area contributed by atoms with Crippen LogP contribution in [0.2, 0.25) is 5.02 Å². The molecule has 3 N–H and O–H groups in total. The van der Waals surface area contributed by atoms with Gasteiger partial charge in [0, 0.05) is 22.7 Å². The zero-order valence-electron chi connectivity index (χ0n) is 19.2. The molecule has 0 saturated carbocycles. The van der Waals surface area contributed by atoms with Crippen molar-refractivity contribution in [1.82, 2.24) is 5.32 Å². The molecule has 0 aromatic heterocycles. The fourth-order valence-corrected chi connectivity index (χ4v) is 4.45. The van der Waals surface area contributed by atoms with Gasteiger partial charge in [0.05, 0.1) is 11.5 Å². The van der Waals surface area contributed by atoms with E-state index in [0.717, 1.165) is 22.3 Å². The number of carbonyl (C=O) groups is 3. The number of aromatic carboxylic acids is 1. The molecule has 7 nitrogen and oxygen atoms in total. The molecule has 0 aliphatic heterocycles. The number of carboxylic acid groups (broad SMARTS) is 1. The number of carbonyl (C=O) groups excluding carboxylic acids is 2. The van der Waals surface area contributed by atoms with Crippen LogP contribution >= 0.6 is 11.6 Å². The number of rotatable bonds is 7. The number of amides is 2. The van der Waals surface area contributed by atoms with Gasteiger partial charge in [0.1, 0.15) is 6.61 Å². The lowest BCUT2D eigenvalue weighted by molar-refractivity contribution is -0.120. The lowest BCUT2D eigenvalue weighted by atomic mass is 9.98. The van der Waals surface area contributed by atoms with Crippen LogP contribution in [0.25, 0.3) is 11.1 Å². The molecule has 1 aliphatic carbocycles. The van der Waals surface area contributed by atoms with Crippen molar-refractivity contribution >= 4 is 35.3 Å². The fraction of sp³-hybridized carbons (Fsp3) is 0.222. The summed E-state index contributed by atoms with van der Waals surface area (Å²) in [4.78, 5) is 36.4. The van der Waals surface area contributed by atoms with Crippen molar-refractivity contribution in [2.75, 3.05) is 11.9 Å². The van der Waals surface area contributed by atoms with E-state index >= 15 is 0 Å². The van der Waals surface area contributed by atoms with Gasteiger partial charge in [0.2, 0.25) is 5.91 Å². The summed E-state index contributed by atoms with van der Waals surface area (Å²) in [6.45, 7) is 3.53. The maximum Gasteiger partial charge on any atom is 0.407 e. The monoisotopic (exact) mass is 492 g/mol. The smallest absolute Gasteiger partial charge is 0.407 e. The van der Waals surface area contributed by atoms with Crippen LogP contribution in [0.5, 0.6) is 0 Å². The number of fused-ring (bicyclic) bond motifs is 3. The van der Waals surface area contributed by atoms with Crippen LogP contribution in [0.1, 0.15) is 41.3 Å². The third-order valence-electron chi connectivity index (χ3n) is 6.27. The average Bonchev–Trinajstić information content (AvgIpc) is 3.15. The second-order valence-corrected chi connectivity index (χ2v) is 9.01. The van der Waals surface area contributed by atoms with Crippen molar-refractivity contribution < 1.29 is 24.2 Å². The molecule has 0 spiro atoms. The molecule has 3 aromatic rings. The normalized spacial score (nSPS) is 13.8. The maximum atomic E-state index is 12.7. The summed E-state index contributed by atoms with van der Waals surface area (Å²) in [5.74, 6) is -2.23. The minimum absolute atomic E-state index is 0.0368. The molecule has 180 valence electrons. The van der Waals surface area contributed by atoms with E-state index in [1.165, 1.54) is 18.2 Å². The van der Waals surface area contributed by atoms with Crippen LogP contribution in [0.15, 0.2) is 66.7 Å². The second kappa shape index (κ2) is 10.2. The number of hydrogen-bond donors (Lipinski definition) is 3. The van der Waals surface area contributed by atoms with E-state index in [1.54, 1.807) is 13.8 Å². The highest BCUT2D eigenvalue weighted by Crippen LogP contribution is 2.44. The molecular weight excluding hydrogens is 468 g/mol. The predicted octanol–water partition coefficient (Wildman–Crippen LogP) is 5.54. The Morgan fingerprint density at radius 1 is 0.971 bits per heavy atom. The Kier molecular flexibility index (Phi) is 7.07. The molecule has 8 heteroatoms. The SMILES string of the molecule is CC(NC(=O)OCC1c2ccccc2-c2ccccc21)C(C)C(=O)Nc1cc(Cl)cc(C(=O)O)c1. The maximum absolute atomic E-state index is 12.7. The molecule has 2 unspecified atom stereocenters. The van der Waals surface area contributed by atoms with Gasteiger partial charge in [-0.1, -0.05) is 67.1 Å². The first-order valence-electron chi connectivity index (χ1n) is 11.2. The van der Waals surface area contributed by atoms with E-state index in [4.69, 9.17) is 21.4 Å². The largest absolute Gasteiger partial charge is 0.478 e. The van der Waals surface area contributed by atoms with Gasteiger partial charge in [-0.3, -0.25) is 4.79 Å². The summed E-state index contributed by atoms with van der Waals surface area (Å²) >= 11 is 5.95. The van der Waals surface area contributed by atoms with Crippen LogP contribution in [0.3, 0.4) is 0 Å². The van der Waals surface area contributed by atoms with Gasteiger partial charge in [-0.2, -0.15) is 0 Å². The zero-order valence-corrected chi connectivity index (χ0v) is 20.0. The van der Waals surface area contributed by atoms with E-state index in [1.807, 2.05) is 36.4 Å². The van der Waals surface area contributed by atoms with E-state index in [0.29, 0.717) is 0 Å². The van der Waals surface area contributed by atoms with E-state index in [9.17, 15) is 14.4 Å². The number of halogens is 1. The average molecular weight is 493 g/mol. The number of benzene rings is 3. The quantitative estimate of drug-likeness (QED) is 0.401. The van der Waals surface area contributed by atoms with E-state index in [-0.39, 0.29) is 28.8 Å². The third-order valence-corrected chi connectivity index (χ3v) is 6.48. The number of anilines is 1. The van der Waals surface area contributed by atoms with Gasteiger partial charge in [0.15, 0.2) is 0 Å². The number of alkyl carbamates (subject to hydrolysis) is 1. The highest BCUT2D eigenvalue weighted by molar-refractivity contribution is 6.31. The van der Waals surface area contributed by atoms with Crippen molar-refractivity contribution in [3.05, 3.63) is 88.4 Å². The summed E-state index contributed by atoms with van der Waals surface area (Å²) in [7, 11) is 0. The topological polar surface area (TPSA) is 105 Å². The number of carboxylic acids is 1. The van der Waals surface area contributed by atoms with Crippen molar-refractivity contribution in [1.29, 1.82) is 0 Å². The van der Waals surface area contributed by atoms with Gasteiger partial charge in [-0.05, 0) is 47.4 Å². The summed E-state index contributed by atoms with van der Waals surface area (Å²) in [6.07, 6.45) is -0.616. The number of hydrogen-bond acceptors (Lipinski definition) is 4. The summed E-state index contributed by atoms with van der Waals surface area (Å²) in [5, 5.41) is 14.7. The lowest BCUT2D eigenvalue weighted by Gasteiger charge is -2.21. The summed E-state index contributed by atoms with van der Waals surface area (Å²) in [6, 6.07) is 19.7. The van der Waals surface area contributed by atoms with Gasteiger partial charge in [-0.25, -0.2) is 9.59 Å². The van der Waals surface area contributed by atoms with Crippen LogP contribution < -0.4 is 10.6 Å². The van der Waals surface area contributed by atoms with Crippen molar-refractivity contribution in [3.8, 4) is 11.1 Å². The van der Waals surface area contributed by atoms with Crippen molar-refractivity contribution in [2.45, 2.75) is 25.8 Å². The molecule has 2 amide bonds. The van der Waals surface area contributed by atoms with Crippen LogP contribution in [0.4, 0.5) is 10.5 Å². The summed E-state index contributed by atoms with van der Waals surface area (Å²) in [5.41, 5.74) is 4.74. The molecule has 0 saturated heterocycles. The Balaban J connectivity index is 1.35. The van der Waals surface area contributed by atoms with Crippen LogP contribution in [-0.4, -0.2) is 35.7 Å². The molecule has 35 heavy (non-hydrogen) atoms. The minimum Gasteiger partial charge on any atom is -0.478 e. The number of nitrogens with one attached hydrogen (secondary N) is 2. The summed E-state index contributed by atoms with van der Waals surface area (Å²) < 4.78 is 5.55. The Morgan fingerprint density at radius 2 is 1.57 bits per heavy atom. The molecular formula is C27H25ClN2O5. The van der Waals surface area contributed by atoms with Gasteiger partial charge < -0.3 is 20.5 Å². The molecule has 4 rings (SSSR count). The van der Waals surface area contributed by atoms with Gasteiger partial charge in [0.25, 0.3) is 0 Å². The minimum atomic E-state index is -1.15. The Hall–Kier alpha value is -3.84. The Bertz CT molecular complexity index is 1250. The Morgan fingerprint density at radius 3 is 2.17 bits per heavy atom. The molecule has 2 atom stereocenters. The molecule has 3 aromatic carbocycles. The Labute approximate surface area is 208 Å². The molecule has 0 heterocycles. The second-order valence-electron chi connectivity index (χ2n) is 8.57. The highest BCUT2D eigenvalue weighted by atomic mass is 35.5. The predicted molar refractivity (Wildman–Crippen MR) is 134 cm³/mol. The van der Waals surface area contributed by atoms with Crippen molar-refractivity contribution in [3.63, 3.8) is 0 Å². The van der Waals surface area contributed by atoms with Gasteiger partial charge in [-0.15, -0.1) is 0 Å². The standard InChI is InChI=1S/C27H25ClN2O5/c1-15(25(31)30-19-12-17(26(32)33)11-18(28)13-19)16(2)29-27(34)35-14-24-22-9-5-3-7-20(22)21-8-4-6-10-23(21)24/h3-13,15-16,24H,14H2,1-2H3,(H,29,34)(H,30,31)(H,32,33). The number of ether oxygens (including phenoxy) is 1. The molecule has 0 radical (unpaired) electrons.